The van der Waals surface area contributed by atoms with Crippen molar-refractivity contribution in [2.24, 2.45) is 0 Å². The SMILES string of the molecule is C=C(Cl)CNCc1ccnc(C)n1. The predicted molar refractivity (Wildman–Crippen MR) is 53.5 cm³/mol. The maximum Gasteiger partial charge on any atom is 0.125 e. The summed E-state index contributed by atoms with van der Waals surface area (Å²) in [6.07, 6.45) is 1.74. The monoisotopic (exact) mass is 197 g/mol. The van der Waals surface area contributed by atoms with Crippen molar-refractivity contribution in [3.05, 3.63) is 35.4 Å². The third-order valence-electron chi connectivity index (χ3n) is 1.46. The third kappa shape index (κ3) is 4.01. The van der Waals surface area contributed by atoms with Crippen LogP contribution in [0.25, 0.3) is 0 Å². The summed E-state index contributed by atoms with van der Waals surface area (Å²) in [6.45, 7) is 6.73. The van der Waals surface area contributed by atoms with Crippen LogP contribution in [0, 0.1) is 6.92 Å². The summed E-state index contributed by atoms with van der Waals surface area (Å²) in [5.74, 6) is 0.781. The molecule has 1 heterocycles. The van der Waals surface area contributed by atoms with Gasteiger partial charge in [0.2, 0.25) is 0 Å². The Labute approximate surface area is 82.9 Å². The number of hydrogen-bond donors (Lipinski definition) is 1. The summed E-state index contributed by atoms with van der Waals surface area (Å²) in [4.78, 5) is 8.22. The van der Waals surface area contributed by atoms with E-state index < -0.39 is 0 Å². The Morgan fingerprint density at radius 1 is 1.69 bits per heavy atom. The fraction of sp³-hybridized carbons (Fsp3) is 0.333. The fourth-order valence-electron chi connectivity index (χ4n) is 0.930. The first-order valence-corrected chi connectivity index (χ1v) is 4.39. The first kappa shape index (κ1) is 10.2. The zero-order valence-electron chi connectivity index (χ0n) is 7.55. The maximum atomic E-state index is 5.59. The van der Waals surface area contributed by atoms with Gasteiger partial charge in [-0.25, -0.2) is 9.97 Å². The normalized spacial score (nSPS) is 10.0. The molecule has 0 saturated carbocycles. The van der Waals surface area contributed by atoms with Gasteiger partial charge < -0.3 is 5.32 Å². The second-order valence-electron chi connectivity index (χ2n) is 2.72. The zero-order chi connectivity index (χ0) is 9.68. The molecule has 0 fully saturated rings. The summed E-state index contributed by atoms with van der Waals surface area (Å²) >= 11 is 5.59. The molecule has 0 aliphatic carbocycles. The smallest absolute Gasteiger partial charge is 0.125 e. The third-order valence-corrected chi connectivity index (χ3v) is 1.59. The Morgan fingerprint density at radius 2 is 2.46 bits per heavy atom. The molecular weight excluding hydrogens is 186 g/mol. The first-order chi connectivity index (χ1) is 6.18. The van der Waals surface area contributed by atoms with E-state index in [2.05, 4.69) is 21.9 Å². The van der Waals surface area contributed by atoms with Gasteiger partial charge in [-0.1, -0.05) is 18.2 Å². The fourth-order valence-corrected chi connectivity index (χ4v) is 1.02. The highest BCUT2D eigenvalue weighted by Crippen LogP contribution is 1.96. The van der Waals surface area contributed by atoms with Crippen molar-refractivity contribution >= 4 is 11.6 Å². The van der Waals surface area contributed by atoms with Crippen LogP contribution in [-0.2, 0) is 6.54 Å². The van der Waals surface area contributed by atoms with Crippen LogP contribution in [0.5, 0.6) is 0 Å². The van der Waals surface area contributed by atoms with Crippen molar-refractivity contribution in [2.45, 2.75) is 13.5 Å². The Hall–Kier alpha value is -0.930. The van der Waals surface area contributed by atoms with E-state index in [-0.39, 0.29) is 0 Å². The van der Waals surface area contributed by atoms with Crippen LogP contribution in [-0.4, -0.2) is 16.5 Å². The number of nitrogens with zero attached hydrogens (tertiary/aromatic N) is 2. The molecular formula is C9H12ClN3. The molecule has 0 saturated heterocycles. The predicted octanol–water partition coefficient (Wildman–Crippen LogP) is 1.63. The van der Waals surface area contributed by atoms with Gasteiger partial charge in [-0.3, -0.25) is 0 Å². The lowest BCUT2D eigenvalue weighted by atomic mass is 10.4. The van der Waals surface area contributed by atoms with Crippen molar-refractivity contribution in [3.8, 4) is 0 Å². The van der Waals surface area contributed by atoms with E-state index in [0.29, 0.717) is 18.1 Å². The molecule has 0 spiro atoms. The van der Waals surface area contributed by atoms with Gasteiger partial charge in [-0.15, -0.1) is 0 Å². The summed E-state index contributed by atoms with van der Waals surface area (Å²) in [6, 6.07) is 1.87. The molecule has 0 radical (unpaired) electrons. The molecule has 13 heavy (non-hydrogen) atoms. The average molecular weight is 198 g/mol. The van der Waals surface area contributed by atoms with E-state index >= 15 is 0 Å². The number of halogens is 1. The van der Waals surface area contributed by atoms with Gasteiger partial charge in [0.15, 0.2) is 0 Å². The van der Waals surface area contributed by atoms with Crippen LogP contribution in [0.3, 0.4) is 0 Å². The summed E-state index contributed by atoms with van der Waals surface area (Å²) in [5.41, 5.74) is 0.963. The number of hydrogen-bond acceptors (Lipinski definition) is 3. The Bertz CT molecular complexity index is 299. The highest BCUT2D eigenvalue weighted by atomic mass is 35.5. The number of rotatable bonds is 4. The number of aryl methyl sites for hydroxylation is 1. The molecule has 0 unspecified atom stereocenters. The standard InChI is InChI=1S/C9H12ClN3/c1-7(10)5-11-6-9-3-4-12-8(2)13-9/h3-4,11H,1,5-6H2,2H3. The van der Waals surface area contributed by atoms with Gasteiger partial charge in [0.05, 0.1) is 5.69 Å². The van der Waals surface area contributed by atoms with Gasteiger partial charge in [-0.05, 0) is 13.0 Å². The van der Waals surface area contributed by atoms with Gasteiger partial charge in [0.25, 0.3) is 0 Å². The zero-order valence-corrected chi connectivity index (χ0v) is 8.30. The highest BCUT2D eigenvalue weighted by Gasteiger charge is 1.94. The maximum absolute atomic E-state index is 5.59. The molecule has 0 aromatic carbocycles. The van der Waals surface area contributed by atoms with Crippen molar-refractivity contribution in [3.63, 3.8) is 0 Å². The van der Waals surface area contributed by atoms with E-state index in [1.165, 1.54) is 0 Å². The Morgan fingerprint density at radius 3 is 3.08 bits per heavy atom. The van der Waals surface area contributed by atoms with Crippen molar-refractivity contribution in [1.82, 2.24) is 15.3 Å². The molecule has 1 aromatic rings. The molecule has 1 N–H and O–H groups in total. The Kier molecular flexibility index (Phi) is 3.86. The largest absolute Gasteiger partial charge is 0.306 e. The van der Waals surface area contributed by atoms with Crippen molar-refractivity contribution in [1.29, 1.82) is 0 Å². The second-order valence-corrected chi connectivity index (χ2v) is 3.25. The first-order valence-electron chi connectivity index (χ1n) is 4.01. The molecule has 0 atom stereocenters. The number of aromatic nitrogens is 2. The minimum absolute atomic E-state index is 0.602. The molecule has 0 aliphatic rings. The van der Waals surface area contributed by atoms with E-state index in [4.69, 9.17) is 11.6 Å². The molecule has 0 aliphatic heterocycles. The molecule has 4 heteroatoms. The lowest BCUT2D eigenvalue weighted by molar-refractivity contribution is 0.728. The van der Waals surface area contributed by atoms with Crippen LogP contribution in [0.2, 0.25) is 0 Å². The minimum Gasteiger partial charge on any atom is -0.306 e. The Balaban J connectivity index is 2.41. The average Bonchev–Trinajstić information content (AvgIpc) is 2.03. The number of nitrogens with one attached hydrogen (secondary N) is 1. The van der Waals surface area contributed by atoms with Crippen molar-refractivity contribution < 1.29 is 0 Å². The van der Waals surface area contributed by atoms with Gasteiger partial charge >= 0.3 is 0 Å². The van der Waals surface area contributed by atoms with Crippen LogP contribution in [0.4, 0.5) is 0 Å². The van der Waals surface area contributed by atoms with E-state index in [1.54, 1.807) is 6.20 Å². The summed E-state index contributed by atoms with van der Waals surface area (Å²) in [7, 11) is 0. The topological polar surface area (TPSA) is 37.8 Å². The molecule has 0 amide bonds. The molecule has 3 nitrogen and oxygen atoms in total. The quantitative estimate of drug-likeness (QED) is 0.798. The summed E-state index contributed by atoms with van der Waals surface area (Å²) in [5, 5.41) is 3.71. The van der Waals surface area contributed by atoms with Crippen LogP contribution in [0.15, 0.2) is 23.9 Å². The van der Waals surface area contributed by atoms with Gasteiger partial charge in [0, 0.05) is 24.3 Å². The van der Waals surface area contributed by atoms with Crippen LogP contribution in [0.1, 0.15) is 11.5 Å². The van der Waals surface area contributed by atoms with E-state index in [0.717, 1.165) is 11.5 Å². The van der Waals surface area contributed by atoms with Gasteiger partial charge in [-0.2, -0.15) is 0 Å². The van der Waals surface area contributed by atoms with Gasteiger partial charge in [0.1, 0.15) is 5.82 Å². The summed E-state index contributed by atoms with van der Waals surface area (Å²) < 4.78 is 0. The molecule has 70 valence electrons. The lowest BCUT2D eigenvalue weighted by Crippen LogP contribution is -2.15. The molecule has 1 aromatic heterocycles. The van der Waals surface area contributed by atoms with E-state index in [1.807, 2.05) is 13.0 Å². The van der Waals surface area contributed by atoms with Crippen molar-refractivity contribution in [2.75, 3.05) is 6.54 Å². The lowest BCUT2D eigenvalue weighted by Gasteiger charge is -2.02. The second kappa shape index (κ2) is 4.94. The molecule has 0 bridgehead atoms. The van der Waals surface area contributed by atoms with E-state index in [9.17, 15) is 0 Å². The van der Waals surface area contributed by atoms with Crippen LogP contribution >= 0.6 is 11.6 Å². The minimum atomic E-state index is 0.602. The van der Waals surface area contributed by atoms with Crippen LogP contribution < -0.4 is 5.32 Å². The molecule has 1 rings (SSSR count). The highest BCUT2D eigenvalue weighted by molar-refractivity contribution is 6.29.